The number of carbonyl (C=O) groups is 1. The molecule has 152 valence electrons. The monoisotopic (exact) mass is 411 g/mol. The number of nitrogen functional groups attached to an aromatic ring is 1. The van der Waals surface area contributed by atoms with Crippen LogP contribution in [-0.4, -0.2) is 26.5 Å². The predicted molar refractivity (Wildman–Crippen MR) is 116 cm³/mol. The lowest BCUT2D eigenvalue weighted by atomic mass is 10.1. The first-order valence-corrected chi connectivity index (χ1v) is 10.2. The second-order valence-corrected chi connectivity index (χ2v) is 7.98. The molecule has 3 N–H and O–H groups in total. The Bertz CT molecular complexity index is 1010. The van der Waals surface area contributed by atoms with Crippen LogP contribution in [0.3, 0.4) is 0 Å². The lowest BCUT2D eigenvalue weighted by molar-refractivity contribution is -0.113. The van der Waals surface area contributed by atoms with Gasteiger partial charge in [-0.1, -0.05) is 35.5 Å². The van der Waals surface area contributed by atoms with Gasteiger partial charge in [0.25, 0.3) is 0 Å². The molecule has 0 spiro atoms. The molecule has 1 amide bonds. The van der Waals surface area contributed by atoms with E-state index in [-0.39, 0.29) is 18.3 Å². The van der Waals surface area contributed by atoms with Crippen LogP contribution in [0.5, 0.6) is 5.75 Å². The Labute approximate surface area is 174 Å². The number of thioether (sulfide) groups is 1. The zero-order chi connectivity index (χ0) is 21.0. The first kappa shape index (κ1) is 20.7. The van der Waals surface area contributed by atoms with E-state index in [1.54, 1.807) is 0 Å². The number of carbonyl (C=O) groups excluding carboxylic acids is 1. The maximum absolute atomic E-state index is 12.2. The van der Waals surface area contributed by atoms with Crippen LogP contribution in [0.2, 0.25) is 0 Å². The minimum Gasteiger partial charge on any atom is -0.485 e. The van der Waals surface area contributed by atoms with Crippen molar-refractivity contribution in [1.82, 2.24) is 14.9 Å². The highest BCUT2D eigenvalue weighted by Gasteiger charge is 2.13. The number of nitrogens with two attached hydrogens (primary N) is 1. The molecule has 0 unspecified atom stereocenters. The number of ether oxygens (including phenoxy) is 1. The average molecular weight is 412 g/mol. The standard InChI is InChI=1S/C21H25N5O2S/c1-13-5-6-18(16(4)8-13)28-11-19-24-25-21(26(19)22)29-12-20(27)23-17-9-14(2)7-15(3)10-17/h5-10H,11-12,22H2,1-4H3,(H,23,27). The van der Waals surface area contributed by atoms with Crippen LogP contribution in [0.4, 0.5) is 5.69 Å². The summed E-state index contributed by atoms with van der Waals surface area (Å²) < 4.78 is 7.17. The van der Waals surface area contributed by atoms with E-state index >= 15 is 0 Å². The molecule has 8 heteroatoms. The minimum atomic E-state index is -0.129. The highest BCUT2D eigenvalue weighted by Crippen LogP contribution is 2.21. The Kier molecular flexibility index (Phi) is 6.43. The van der Waals surface area contributed by atoms with Crippen molar-refractivity contribution < 1.29 is 9.53 Å². The fourth-order valence-corrected chi connectivity index (χ4v) is 3.66. The van der Waals surface area contributed by atoms with Gasteiger partial charge in [-0.15, -0.1) is 10.2 Å². The van der Waals surface area contributed by atoms with E-state index in [1.165, 1.54) is 22.0 Å². The van der Waals surface area contributed by atoms with Gasteiger partial charge in [-0.2, -0.15) is 0 Å². The Morgan fingerprint density at radius 1 is 1.07 bits per heavy atom. The van der Waals surface area contributed by atoms with E-state index in [4.69, 9.17) is 10.6 Å². The van der Waals surface area contributed by atoms with Crippen molar-refractivity contribution in [3.8, 4) is 5.75 Å². The molecule has 0 aliphatic rings. The van der Waals surface area contributed by atoms with Gasteiger partial charge in [-0.25, -0.2) is 4.68 Å². The number of nitrogens with one attached hydrogen (secondary N) is 1. The van der Waals surface area contributed by atoms with Crippen LogP contribution in [0.1, 0.15) is 28.1 Å². The summed E-state index contributed by atoms with van der Waals surface area (Å²) in [6, 6.07) is 11.9. The van der Waals surface area contributed by atoms with E-state index in [9.17, 15) is 4.79 Å². The van der Waals surface area contributed by atoms with Crippen molar-refractivity contribution in [2.45, 2.75) is 39.5 Å². The van der Waals surface area contributed by atoms with Gasteiger partial charge in [0.15, 0.2) is 5.82 Å². The molecule has 3 aromatic rings. The first-order valence-electron chi connectivity index (χ1n) is 9.22. The van der Waals surface area contributed by atoms with Gasteiger partial charge in [0, 0.05) is 5.69 Å². The van der Waals surface area contributed by atoms with Crippen LogP contribution >= 0.6 is 11.8 Å². The first-order chi connectivity index (χ1) is 13.8. The predicted octanol–water partition coefficient (Wildman–Crippen LogP) is 3.54. The molecule has 1 aromatic heterocycles. The summed E-state index contributed by atoms with van der Waals surface area (Å²) in [5.41, 5.74) is 5.21. The summed E-state index contributed by atoms with van der Waals surface area (Å²) in [6.45, 7) is 8.22. The molecule has 1 heterocycles. The van der Waals surface area contributed by atoms with E-state index in [0.717, 1.165) is 28.1 Å². The number of hydrogen-bond donors (Lipinski definition) is 2. The zero-order valence-corrected chi connectivity index (χ0v) is 17.8. The molecule has 2 aromatic carbocycles. The summed E-state index contributed by atoms with van der Waals surface area (Å²) in [5.74, 6) is 7.39. The second kappa shape index (κ2) is 9.00. The van der Waals surface area contributed by atoms with Crippen molar-refractivity contribution >= 4 is 23.4 Å². The van der Waals surface area contributed by atoms with Gasteiger partial charge in [0.2, 0.25) is 11.1 Å². The van der Waals surface area contributed by atoms with E-state index in [1.807, 2.05) is 52.0 Å². The number of aryl methyl sites for hydroxylation is 4. The van der Waals surface area contributed by atoms with Crippen molar-refractivity contribution in [2.75, 3.05) is 16.9 Å². The quantitative estimate of drug-likeness (QED) is 0.456. The highest BCUT2D eigenvalue weighted by molar-refractivity contribution is 7.99. The Hall–Kier alpha value is -3.00. The molecule has 7 nitrogen and oxygen atoms in total. The molecule has 0 fully saturated rings. The SMILES string of the molecule is Cc1cc(C)cc(NC(=O)CSc2nnc(COc3ccc(C)cc3C)n2N)c1. The largest absolute Gasteiger partial charge is 0.485 e. The molecule has 29 heavy (non-hydrogen) atoms. The molecular formula is C21H25N5O2S. The van der Waals surface area contributed by atoms with Gasteiger partial charge in [-0.05, 0) is 62.6 Å². The van der Waals surface area contributed by atoms with Crippen LogP contribution in [0.25, 0.3) is 0 Å². The Morgan fingerprint density at radius 2 is 1.79 bits per heavy atom. The molecular weight excluding hydrogens is 386 g/mol. The Morgan fingerprint density at radius 3 is 2.48 bits per heavy atom. The third-order valence-electron chi connectivity index (χ3n) is 4.26. The molecule has 0 aliphatic carbocycles. The molecule has 0 radical (unpaired) electrons. The van der Waals surface area contributed by atoms with Gasteiger partial charge in [0.05, 0.1) is 5.75 Å². The molecule has 0 aliphatic heterocycles. The third-order valence-corrected chi connectivity index (χ3v) is 5.20. The van der Waals surface area contributed by atoms with Crippen molar-refractivity contribution in [3.05, 3.63) is 64.5 Å². The van der Waals surface area contributed by atoms with Gasteiger partial charge in [0.1, 0.15) is 12.4 Å². The normalized spacial score (nSPS) is 10.8. The third kappa shape index (κ3) is 5.51. The van der Waals surface area contributed by atoms with Crippen molar-refractivity contribution in [3.63, 3.8) is 0 Å². The van der Waals surface area contributed by atoms with Crippen LogP contribution in [0, 0.1) is 27.7 Å². The van der Waals surface area contributed by atoms with Crippen molar-refractivity contribution in [2.24, 2.45) is 0 Å². The van der Waals surface area contributed by atoms with Crippen LogP contribution in [0.15, 0.2) is 41.6 Å². The summed E-state index contributed by atoms with van der Waals surface area (Å²) in [6.07, 6.45) is 0. The van der Waals surface area contributed by atoms with E-state index in [2.05, 4.69) is 27.6 Å². The smallest absolute Gasteiger partial charge is 0.234 e. The van der Waals surface area contributed by atoms with Crippen molar-refractivity contribution in [1.29, 1.82) is 0 Å². The second-order valence-electron chi connectivity index (χ2n) is 7.04. The van der Waals surface area contributed by atoms with E-state index < -0.39 is 0 Å². The summed E-state index contributed by atoms with van der Waals surface area (Å²) in [5, 5.41) is 11.5. The van der Waals surface area contributed by atoms with Gasteiger partial charge < -0.3 is 15.9 Å². The van der Waals surface area contributed by atoms with Gasteiger partial charge >= 0.3 is 0 Å². The molecule has 0 saturated carbocycles. The summed E-state index contributed by atoms with van der Waals surface area (Å²) >= 11 is 1.23. The lowest BCUT2D eigenvalue weighted by Crippen LogP contribution is -2.18. The highest BCUT2D eigenvalue weighted by atomic mass is 32.2. The summed E-state index contributed by atoms with van der Waals surface area (Å²) in [4.78, 5) is 12.2. The van der Waals surface area contributed by atoms with E-state index in [0.29, 0.717) is 11.0 Å². The summed E-state index contributed by atoms with van der Waals surface area (Å²) in [7, 11) is 0. The molecule has 3 rings (SSSR count). The molecule has 0 bridgehead atoms. The number of aromatic nitrogens is 3. The maximum atomic E-state index is 12.2. The fourth-order valence-electron chi connectivity index (χ4n) is 2.98. The zero-order valence-electron chi connectivity index (χ0n) is 17.0. The Balaban J connectivity index is 1.55. The number of anilines is 1. The maximum Gasteiger partial charge on any atom is 0.234 e. The fraction of sp³-hybridized carbons (Fsp3) is 0.286. The average Bonchev–Trinajstić information content (AvgIpc) is 2.98. The van der Waals surface area contributed by atoms with Gasteiger partial charge in [-0.3, -0.25) is 4.79 Å². The molecule has 0 saturated heterocycles. The van der Waals surface area contributed by atoms with Crippen LogP contribution in [-0.2, 0) is 11.4 Å². The number of amides is 1. The number of nitrogens with zero attached hydrogens (tertiary/aromatic N) is 3. The minimum absolute atomic E-state index is 0.129. The number of hydrogen-bond acceptors (Lipinski definition) is 6. The topological polar surface area (TPSA) is 95.1 Å². The molecule has 0 atom stereocenters. The van der Waals surface area contributed by atoms with Crippen LogP contribution < -0.4 is 15.9 Å². The lowest BCUT2D eigenvalue weighted by Gasteiger charge is -2.09. The number of rotatable bonds is 7. The number of benzene rings is 2.